The van der Waals surface area contributed by atoms with E-state index in [9.17, 15) is 4.79 Å². The molecule has 3 aliphatic rings. The first kappa shape index (κ1) is 19.9. The second kappa shape index (κ2) is 7.93. The van der Waals surface area contributed by atoms with Crippen LogP contribution < -0.4 is 9.80 Å². The predicted molar refractivity (Wildman–Crippen MR) is 121 cm³/mol. The summed E-state index contributed by atoms with van der Waals surface area (Å²) in [5, 5.41) is 1.09. The van der Waals surface area contributed by atoms with Gasteiger partial charge in [0, 0.05) is 61.7 Å². The van der Waals surface area contributed by atoms with E-state index in [-0.39, 0.29) is 11.3 Å². The van der Waals surface area contributed by atoms with Gasteiger partial charge in [0.2, 0.25) is 11.0 Å². The summed E-state index contributed by atoms with van der Waals surface area (Å²) in [7, 11) is 0. The molecule has 30 heavy (non-hydrogen) atoms. The summed E-state index contributed by atoms with van der Waals surface area (Å²) < 4.78 is 4.45. The zero-order valence-corrected chi connectivity index (χ0v) is 18.8. The zero-order valence-electron chi connectivity index (χ0n) is 18.0. The predicted octanol–water partition coefficient (Wildman–Crippen LogP) is 3.47. The molecule has 5 rings (SSSR count). The molecule has 0 aliphatic carbocycles. The molecule has 0 atom stereocenters. The number of amides is 1. The molecule has 2 aromatic rings. The minimum atomic E-state index is 0.141. The van der Waals surface area contributed by atoms with Crippen LogP contribution in [0.25, 0.3) is 0 Å². The van der Waals surface area contributed by atoms with Crippen molar-refractivity contribution >= 4 is 28.3 Å². The fraction of sp³-hybridized carbons (Fsp3) is 0.609. The Kier molecular flexibility index (Phi) is 5.27. The molecule has 1 amide bonds. The number of nitrogens with zero attached hydrogens (tertiary/aromatic N) is 5. The highest BCUT2D eigenvalue weighted by molar-refractivity contribution is 7.09. The molecule has 1 spiro atoms. The van der Waals surface area contributed by atoms with Crippen molar-refractivity contribution in [1.29, 1.82) is 0 Å². The number of hydrogen-bond acceptors (Lipinski definition) is 6. The lowest BCUT2D eigenvalue weighted by Crippen LogP contribution is -2.51. The van der Waals surface area contributed by atoms with Crippen LogP contribution in [0.2, 0.25) is 0 Å². The quantitative estimate of drug-likeness (QED) is 0.754. The van der Waals surface area contributed by atoms with Crippen LogP contribution in [0.4, 0.5) is 10.8 Å². The molecule has 1 aromatic heterocycles. The van der Waals surface area contributed by atoms with Gasteiger partial charge in [-0.25, -0.2) is 4.98 Å². The molecule has 0 unspecified atom stereocenters. The van der Waals surface area contributed by atoms with Crippen molar-refractivity contribution in [3.05, 3.63) is 35.7 Å². The SMILES string of the molecule is CCc1nsc(N2CCC(N3CCC4(CC3)CN(C(C)=O)c3ccccc34)CC2)n1. The Labute approximate surface area is 183 Å². The van der Waals surface area contributed by atoms with Crippen molar-refractivity contribution in [1.82, 2.24) is 14.3 Å². The van der Waals surface area contributed by atoms with Crippen molar-refractivity contribution in [3.8, 4) is 0 Å². The Hall–Kier alpha value is -1.99. The van der Waals surface area contributed by atoms with Crippen molar-refractivity contribution in [2.45, 2.75) is 57.4 Å². The topological polar surface area (TPSA) is 52.6 Å². The van der Waals surface area contributed by atoms with Gasteiger partial charge in [-0.05, 0) is 50.4 Å². The number of anilines is 2. The number of para-hydroxylation sites is 1. The van der Waals surface area contributed by atoms with Gasteiger partial charge >= 0.3 is 0 Å². The molecule has 0 saturated carbocycles. The summed E-state index contributed by atoms with van der Waals surface area (Å²) >= 11 is 1.55. The van der Waals surface area contributed by atoms with Crippen LogP contribution in [0.3, 0.4) is 0 Å². The minimum absolute atomic E-state index is 0.141. The second-order valence-electron chi connectivity index (χ2n) is 9.00. The number of aromatic nitrogens is 2. The molecule has 1 aromatic carbocycles. The van der Waals surface area contributed by atoms with Gasteiger partial charge in [-0.2, -0.15) is 4.37 Å². The van der Waals surface area contributed by atoms with Gasteiger partial charge in [0.15, 0.2) is 0 Å². The van der Waals surface area contributed by atoms with Gasteiger partial charge < -0.3 is 14.7 Å². The van der Waals surface area contributed by atoms with Gasteiger partial charge in [-0.3, -0.25) is 4.79 Å². The Bertz CT molecular complexity index is 912. The summed E-state index contributed by atoms with van der Waals surface area (Å²) in [4.78, 5) is 24.0. The number of likely N-dealkylation sites (tertiary alicyclic amines) is 1. The van der Waals surface area contributed by atoms with Crippen LogP contribution in [-0.4, -0.2) is 58.9 Å². The first-order chi connectivity index (χ1) is 14.6. The third-order valence-electron chi connectivity index (χ3n) is 7.39. The van der Waals surface area contributed by atoms with E-state index in [1.807, 2.05) is 4.90 Å². The van der Waals surface area contributed by atoms with E-state index in [2.05, 4.69) is 50.3 Å². The summed E-state index contributed by atoms with van der Waals surface area (Å²) in [6, 6.07) is 9.21. The zero-order chi connectivity index (χ0) is 20.7. The van der Waals surface area contributed by atoms with Crippen LogP contribution in [0.5, 0.6) is 0 Å². The van der Waals surface area contributed by atoms with E-state index in [4.69, 9.17) is 0 Å². The molecule has 6 nitrogen and oxygen atoms in total. The van der Waals surface area contributed by atoms with Crippen LogP contribution in [0.15, 0.2) is 24.3 Å². The highest BCUT2D eigenvalue weighted by Gasteiger charge is 2.46. The lowest BCUT2D eigenvalue weighted by molar-refractivity contribution is -0.116. The Morgan fingerprint density at radius 1 is 1.17 bits per heavy atom. The van der Waals surface area contributed by atoms with Gasteiger partial charge in [0.25, 0.3) is 0 Å². The molecule has 2 fully saturated rings. The smallest absolute Gasteiger partial charge is 0.223 e. The molecular formula is C23H31N5OS. The van der Waals surface area contributed by atoms with Crippen molar-refractivity contribution in [3.63, 3.8) is 0 Å². The molecule has 0 N–H and O–H groups in total. The van der Waals surface area contributed by atoms with E-state index < -0.39 is 0 Å². The minimum Gasteiger partial charge on any atom is -0.347 e. The molecule has 3 aliphatic heterocycles. The highest BCUT2D eigenvalue weighted by atomic mass is 32.1. The number of piperidine rings is 2. The lowest BCUT2D eigenvalue weighted by Gasteiger charge is -2.45. The fourth-order valence-electron chi connectivity index (χ4n) is 5.60. The van der Waals surface area contributed by atoms with Crippen molar-refractivity contribution in [2.75, 3.05) is 42.5 Å². The number of rotatable bonds is 3. The van der Waals surface area contributed by atoms with Gasteiger partial charge in [-0.1, -0.05) is 25.1 Å². The van der Waals surface area contributed by atoms with Crippen LogP contribution in [-0.2, 0) is 16.6 Å². The van der Waals surface area contributed by atoms with Gasteiger partial charge in [-0.15, -0.1) is 0 Å². The molecule has 2 saturated heterocycles. The Balaban J connectivity index is 1.21. The van der Waals surface area contributed by atoms with Gasteiger partial charge in [0.1, 0.15) is 5.82 Å². The first-order valence-electron chi connectivity index (χ1n) is 11.3. The maximum absolute atomic E-state index is 12.2. The number of hydrogen-bond donors (Lipinski definition) is 0. The first-order valence-corrected chi connectivity index (χ1v) is 12.1. The molecular weight excluding hydrogens is 394 g/mol. The fourth-order valence-corrected chi connectivity index (χ4v) is 6.40. The maximum Gasteiger partial charge on any atom is 0.223 e. The van der Waals surface area contributed by atoms with Crippen molar-refractivity contribution < 1.29 is 4.79 Å². The normalized spacial score (nSPS) is 21.9. The van der Waals surface area contributed by atoms with E-state index in [0.29, 0.717) is 6.04 Å². The maximum atomic E-state index is 12.2. The lowest BCUT2D eigenvalue weighted by atomic mass is 9.74. The van der Waals surface area contributed by atoms with Crippen LogP contribution in [0.1, 0.15) is 50.9 Å². The highest BCUT2D eigenvalue weighted by Crippen LogP contribution is 2.47. The average Bonchev–Trinajstić information content (AvgIpc) is 3.39. The Morgan fingerprint density at radius 3 is 2.57 bits per heavy atom. The monoisotopic (exact) mass is 425 g/mol. The summed E-state index contributed by atoms with van der Waals surface area (Å²) in [5.41, 5.74) is 2.66. The summed E-state index contributed by atoms with van der Waals surface area (Å²) in [6.07, 6.45) is 5.59. The third-order valence-corrected chi connectivity index (χ3v) is 8.20. The van der Waals surface area contributed by atoms with E-state index in [1.54, 1.807) is 18.5 Å². The molecule has 7 heteroatoms. The van der Waals surface area contributed by atoms with E-state index in [1.165, 1.54) is 18.4 Å². The van der Waals surface area contributed by atoms with Crippen molar-refractivity contribution in [2.24, 2.45) is 0 Å². The number of benzene rings is 1. The van der Waals surface area contributed by atoms with Crippen LogP contribution >= 0.6 is 11.5 Å². The molecule has 0 bridgehead atoms. The number of fused-ring (bicyclic) bond motifs is 2. The molecule has 0 radical (unpaired) electrons. The summed E-state index contributed by atoms with van der Waals surface area (Å²) in [6.45, 7) is 9.06. The molecule has 160 valence electrons. The number of aryl methyl sites for hydroxylation is 1. The average molecular weight is 426 g/mol. The van der Waals surface area contributed by atoms with Crippen LogP contribution in [0, 0.1) is 0 Å². The second-order valence-corrected chi connectivity index (χ2v) is 9.73. The molecule has 4 heterocycles. The largest absolute Gasteiger partial charge is 0.347 e. The van der Waals surface area contributed by atoms with Gasteiger partial charge in [0.05, 0.1) is 0 Å². The number of carbonyl (C=O) groups excluding carboxylic acids is 1. The summed E-state index contributed by atoms with van der Waals surface area (Å²) in [5.74, 6) is 1.13. The van der Waals surface area contributed by atoms with E-state index >= 15 is 0 Å². The number of carbonyl (C=O) groups is 1. The third kappa shape index (κ3) is 3.42. The van der Waals surface area contributed by atoms with E-state index in [0.717, 1.165) is 68.6 Å². The Morgan fingerprint density at radius 2 is 1.90 bits per heavy atom. The standard InChI is InChI=1S/C23H31N5OS/c1-3-21-24-22(30-25-21)27-12-8-18(9-13-27)26-14-10-23(11-15-26)16-28(17(2)29)20-7-5-4-6-19(20)23/h4-7,18H,3,8-16H2,1-2H3.